The van der Waals surface area contributed by atoms with Crippen LogP contribution in [0.15, 0.2) is 43.0 Å². The van der Waals surface area contributed by atoms with Crippen LogP contribution in [0.4, 0.5) is 11.4 Å². The lowest BCUT2D eigenvalue weighted by Crippen LogP contribution is -2.40. The van der Waals surface area contributed by atoms with Crippen molar-refractivity contribution in [2.45, 2.75) is 13.0 Å². The second-order valence-electron chi connectivity index (χ2n) is 5.55. The SMILES string of the molecule is CS(=O)(=O)N(CC(=O)NCCCn1ccnc1)c1cccc([N+](=O)[O-])c1. The van der Waals surface area contributed by atoms with Crippen LogP contribution in [0, 0.1) is 10.1 Å². The number of sulfonamides is 1. The van der Waals surface area contributed by atoms with Crippen LogP contribution in [-0.4, -0.2) is 48.1 Å². The van der Waals surface area contributed by atoms with Gasteiger partial charge < -0.3 is 9.88 Å². The van der Waals surface area contributed by atoms with E-state index in [9.17, 15) is 23.3 Å². The molecule has 0 saturated carbocycles. The summed E-state index contributed by atoms with van der Waals surface area (Å²) in [6.07, 6.45) is 6.71. The number of imidazole rings is 1. The maximum atomic E-state index is 12.1. The number of carbonyl (C=O) groups is 1. The first-order chi connectivity index (χ1) is 12.3. The van der Waals surface area contributed by atoms with Gasteiger partial charge >= 0.3 is 0 Å². The molecule has 26 heavy (non-hydrogen) atoms. The monoisotopic (exact) mass is 381 g/mol. The van der Waals surface area contributed by atoms with Crippen LogP contribution in [-0.2, 0) is 21.4 Å². The van der Waals surface area contributed by atoms with Gasteiger partial charge in [-0.15, -0.1) is 0 Å². The Morgan fingerprint density at radius 2 is 2.19 bits per heavy atom. The second kappa shape index (κ2) is 8.43. The Morgan fingerprint density at radius 3 is 2.81 bits per heavy atom. The Kier molecular flexibility index (Phi) is 6.28. The summed E-state index contributed by atoms with van der Waals surface area (Å²) >= 11 is 0. The van der Waals surface area contributed by atoms with Gasteiger partial charge in [0.1, 0.15) is 6.54 Å². The zero-order chi connectivity index (χ0) is 19.2. The second-order valence-corrected chi connectivity index (χ2v) is 7.46. The van der Waals surface area contributed by atoms with Gasteiger partial charge in [-0.3, -0.25) is 19.2 Å². The van der Waals surface area contributed by atoms with E-state index in [-0.39, 0.29) is 11.4 Å². The fraction of sp³-hybridized carbons (Fsp3) is 0.333. The van der Waals surface area contributed by atoms with Crippen molar-refractivity contribution in [1.82, 2.24) is 14.9 Å². The molecule has 1 aromatic heterocycles. The predicted octanol–water partition coefficient (Wildman–Crippen LogP) is 0.764. The number of anilines is 1. The summed E-state index contributed by atoms with van der Waals surface area (Å²) in [5, 5.41) is 13.5. The number of carbonyl (C=O) groups excluding carboxylic acids is 1. The molecule has 0 aliphatic rings. The summed E-state index contributed by atoms with van der Waals surface area (Å²) in [5.41, 5.74) is -0.188. The number of nitro groups is 1. The quantitative estimate of drug-likeness (QED) is 0.388. The Balaban J connectivity index is 1.98. The maximum absolute atomic E-state index is 12.1. The van der Waals surface area contributed by atoms with Crippen LogP contribution in [0.25, 0.3) is 0 Å². The minimum absolute atomic E-state index is 0.0651. The number of non-ortho nitro benzene ring substituents is 1. The number of amides is 1. The Morgan fingerprint density at radius 1 is 1.42 bits per heavy atom. The minimum Gasteiger partial charge on any atom is -0.354 e. The van der Waals surface area contributed by atoms with E-state index < -0.39 is 27.4 Å². The highest BCUT2D eigenvalue weighted by atomic mass is 32.2. The van der Waals surface area contributed by atoms with Crippen LogP contribution in [0.3, 0.4) is 0 Å². The maximum Gasteiger partial charge on any atom is 0.271 e. The van der Waals surface area contributed by atoms with Crippen LogP contribution >= 0.6 is 0 Å². The number of hydrogen-bond donors (Lipinski definition) is 1. The predicted molar refractivity (Wildman–Crippen MR) is 95.1 cm³/mol. The molecule has 0 aliphatic heterocycles. The summed E-state index contributed by atoms with van der Waals surface area (Å²) in [4.78, 5) is 26.2. The first kappa shape index (κ1) is 19.4. The van der Waals surface area contributed by atoms with Gasteiger partial charge in [0.15, 0.2) is 0 Å². The standard InChI is InChI=1S/C15H19N5O5S/c1-26(24,25)19(13-4-2-5-14(10-13)20(22)23)11-15(21)17-6-3-8-18-9-7-16-12-18/h2,4-5,7,9-10,12H,3,6,8,11H2,1H3,(H,17,21). The summed E-state index contributed by atoms with van der Waals surface area (Å²) in [6, 6.07) is 5.14. The first-order valence-electron chi connectivity index (χ1n) is 7.72. The molecule has 0 saturated heterocycles. The molecule has 0 atom stereocenters. The van der Waals surface area contributed by atoms with Gasteiger partial charge in [0.2, 0.25) is 15.9 Å². The van der Waals surface area contributed by atoms with E-state index in [1.807, 2.05) is 4.57 Å². The fourth-order valence-electron chi connectivity index (χ4n) is 2.26. The van der Waals surface area contributed by atoms with Crippen molar-refractivity contribution in [3.05, 3.63) is 53.1 Å². The van der Waals surface area contributed by atoms with Gasteiger partial charge in [-0.05, 0) is 12.5 Å². The number of aryl methyl sites for hydroxylation is 1. The van der Waals surface area contributed by atoms with Gasteiger partial charge in [0, 0.05) is 37.6 Å². The molecule has 1 amide bonds. The number of nitrogens with one attached hydrogen (secondary N) is 1. The van der Waals surface area contributed by atoms with E-state index in [0.717, 1.165) is 16.6 Å². The fourth-order valence-corrected chi connectivity index (χ4v) is 3.10. The minimum atomic E-state index is -3.78. The first-order valence-corrected chi connectivity index (χ1v) is 9.57. The smallest absolute Gasteiger partial charge is 0.271 e. The van der Waals surface area contributed by atoms with E-state index in [1.165, 1.54) is 18.2 Å². The zero-order valence-corrected chi connectivity index (χ0v) is 14.9. The summed E-state index contributed by atoms with van der Waals surface area (Å²) in [5.74, 6) is -0.493. The Hall–Kier alpha value is -2.95. The summed E-state index contributed by atoms with van der Waals surface area (Å²) in [7, 11) is -3.78. The van der Waals surface area contributed by atoms with Crippen molar-refractivity contribution in [2.75, 3.05) is 23.7 Å². The van der Waals surface area contributed by atoms with Gasteiger partial charge in [-0.2, -0.15) is 0 Å². The molecule has 0 bridgehead atoms. The molecule has 0 unspecified atom stereocenters. The van der Waals surface area contributed by atoms with E-state index in [2.05, 4.69) is 10.3 Å². The van der Waals surface area contributed by atoms with Crippen LogP contribution in [0.1, 0.15) is 6.42 Å². The van der Waals surface area contributed by atoms with Crippen LogP contribution in [0.5, 0.6) is 0 Å². The van der Waals surface area contributed by atoms with Gasteiger partial charge in [-0.25, -0.2) is 13.4 Å². The molecule has 2 rings (SSSR count). The molecule has 140 valence electrons. The number of nitro benzene ring substituents is 1. The molecule has 1 heterocycles. The number of nitrogens with zero attached hydrogens (tertiary/aromatic N) is 4. The molecule has 1 aromatic carbocycles. The highest BCUT2D eigenvalue weighted by Gasteiger charge is 2.22. The van der Waals surface area contributed by atoms with Crippen molar-refractivity contribution in [2.24, 2.45) is 0 Å². The van der Waals surface area contributed by atoms with Gasteiger partial charge in [0.25, 0.3) is 5.69 Å². The number of rotatable bonds is 9. The molecule has 0 aliphatic carbocycles. The van der Waals surface area contributed by atoms with Gasteiger partial charge in [-0.1, -0.05) is 6.07 Å². The van der Waals surface area contributed by atoms with Crippen LogP contribution in [0.2, 0.25) is 0 Å². The molecule has 0 radical (unpaired) electrons. The van der Waals surface area contributed by atoms with Crippen molar-refractivity contribution < 1.29 is 18.1 Å². The molecule has 0 spiro atoms. The highest BCUT2D eigenvalue weighted by molar-refractivity contribution is 7.92. The zero-order valence-electron chi connectivity index (χ0n) is 14.1. The third kappa shape index (κ3) is 5.55. The number of benzene rings is 1. The molecular formula is C15H19N5O5S. The van der Waals surface area contributed by atoms with Crippen molar-refractivity contribution in [3.63, 3.8) is 0 Å². The number of hydrogen-bond acceptors (Lipinski definition) is 6. The van der Waals surface area contributed by atoms with E-state index in [1.54, 1.807) is 18.7 Å². The van der Waals surface area contributed by atoms with Crippen molar-refractivity contribution >= 4 is 27.3 Å². The normalized spacial score (nSPS) is 11.1. The topological polar surface area (TPSA) is 127 Å². The lowest BCUT2D eigenvalue weighted by Gasteiger charge is -2.21. The van der Waals surface area contributed by atoms with Gasteiger partial charge in [0.05, 0.1) is 23.2 Å². The summed E-state index contributed by atoms with van der Waals surface area (Å²) < 4.78 is 26.7. The molecule has 11 heteroatoms. The largest absolute Gasteiger partial charge is 0.354 e. The van der Waals surface area contributed by atoms with E-state index in [0.29, 0.717) is 19.5 Å². The molecule has 10 nitrogen and oxygen atoms in total. The van der Waals surface area contributed by atoms with E-state index >= 15 is 0 Å². The summed E-state index contributed by atoms with van der Waals surface area (Å²) in [6.45, 7) is 0.579. The molecular weight excluding hydrogens is 362 g/mol. The van der Waals surface area contributed by atoms with Crippen molar-refractivity contribution in [3.8, 4) is 0 Å². The Labute approximate surface area is 150 Å². The average Bonchev–Trinajstić information content (AvgIpc) is 3.09. The van der Waals surface area contributed by atoms with Crippen LogP contribution < -0.4 is 9.62 Å². The third-order valence-corrected chi connectivity index (χ3v) is 4.63. The lowest BCUT2D eigenvalue weighted by molar-refractivity contribution is -0.384. The molecule has 2 aromatic rings. The third-order valence-electron chi connectivity index (χ3n) is 3.49. The van der Waals surface area contributed by atoms with E-state index in [4.69, 9.17) is 0 Å². The average molecular weight is 381 g/mol. The number of aromatic nitrogens is 2. The molecule has 1 N–H and O–H groups in total. The Bertz CT molecular complexity index is 866. The highest BCUT2D eigenvalue weighted by Crippen LogP contribution is 2.22. The molecule has 0 fully saturated rings. The van der Waals surface area contributed by atoms with Crippen molar-refractivity contribution in [1.29, 1.82) is 0 Å². The lowest BCUT2D eigenvalue weighted by atomic mass is 10.3.